The SMILES string of the molecule is Cc1cc(C)c(C(=O)N2CCCC2)c(N2CCCCC2)n1. The molecule has 0 aromatic carbocycles. The van der Waals surface area contributed by atoms with Crippen molar-refractivity contribution in [2.24, 2.45) is 0 Å². The van der Waals surface area contributed by atoms with E-state index in [-0.39, 0.29) is 5.91 Å². The highest BCUT2D eigenvalue weighted by Crippen LogP contribution is 2.27. The van der Waals surface area contributed by atoms with Crippen molar-refractivity contribution in [2.45, 2.75) is 46.0 Å². The first-order valence-corrected chi connectivity index (χ1v) is 8.19. The van der Waals surface area contributed by atoms with Gasteiger partial charge in [0.25, 0.3) is 5.91 Å². The standard InChI is InChI=1S/C17H25N3O/c1-13-12-14(2)18-16(19-8-4-3-5-9-19)15(13)17(21)20-10-6-7-11-20/h12H,3-11H2,1-2H3. The summed E-state index contributed by atoms with van der Waals surface area (Å²) in [5.41, 5.74) is 2.91. The Kier molecular flexibility index (Phi) is 4.13. The van der Waals surface area contributed by atoms with Crippen LogP contribution in [0.2, 0.25) is 0 Å². The maximum absolute atomic E-state index is 12.9. The van der Waals surface area contributed by atoms with Crippen LogP contribution in [0.25, 0.3) is 0 Å². The molecule has 0 spiro atoms. The summed E-state index contributed by atoms with van der Waals surface area (Å²) < 4.78 is 0. The number of hydrogen-bond acceptors (Lipinski definition) is 3. The Morgan fingerprint density at radius 2 is 1.62 bits per heavy atom. The predicted molar refractivity (Wildman–Crippen MR) is 84.9 cm³/mol. The van der Waals surface area contributed by atoms with Crippen LogP contribution in [0.4, 0.5) is 5.82 Å². The van der Waals surface area contributed by atoms with E-state index in [2.05, 4.69) is 4.90 Å². The summed E-state index contributed by atoms with van der Waals surface area (Å²) >= 11 is 0. The molecule has 2 aliphatic heterocycles. The van der Waals surface area contributed by atoms with Gasteiger partial charge >= 0.3 is 0 Å². The van der Waals surface area contributed by atoms with E-state index in [0.717, 1.165) is 61.7 Å². The van der Waals surface area contributed by atoms with Crippen LogP contribution in [0.3, 0.4) is 0 Å². The first-order valence-electron chi connectivity index (χ1n) is 8.19. The van der Waals surface area contributed by atoms with Crippen molar-refractivity contribution < 1.29 is 4.79 Å². The van der Waals surface area contributed by atoms with Gasteiger partial charge in [-0.05, 0) is 57.6 Å². The van der Waals surface area contributed by atoms with Crippen LogP contribution >= 0.6 is 0 Å². The molecule has 3 heterocycles. The lowest BCUT2D eigenvalue weighted by molar-refractivity contribution is 0.0792. The first-order chi connectivity index (χ1) is 10.2. The lowest BCUT2D eigenvalue weighted by Crippen LogP contribution is -2.35. The number of likely N-dealkylation sites (tertiary alicyclic amines) is 1. The highest BCUT2D eigenvalue weighted by atomic mass is 16.2. The van der Waals surface area contributed by atoms with Gasteiger partial charge in [0, 0.05) is 31.9 Å². The number of aryl methyl sites for hydroxylation is 2. The maximum atomic E-state index is 12.9. The molecule has 4 heteroatoms. The Morgan fingerprint density at radius 3 is 2.29 bits per heavy atom. The van der Waals surface area contributed by atoms with Gasteiger partial charge < -0.3 is 9.80 Å². The van der Waals surface area contributed by atoms with Crippen LogP contribution in [0.15, 0.2) is 6.07 Å². The largest absolute Gasteiger partial charge is 0.356 e. The third-order valence-corrected chi connectivity index (χ3v) is 4.59. The van der Waals surface area contributed by atoms with Crippen molar-refractivity contribution in [1.82, 2.24) is 9.88 Å². The van der Waals surface area contributed by atoms with Gasteiger partial charge in [0.1, 0.15) is 5.82 Å². The third-order valence-electron chi connectivity index (χ3n) is 4.59. The third kappa shape index (κ3) is 2.89. The van der Waals surface area contributed by atoms with Gasteiger partial charge in [-0.3, -0.25) is 4.79 Å². The number of anilines is 1. The lowest BCUT2D eigenvalue weighted by Gasteiger charge is -2.31. The molecule has 0 saturated carbocycles. The zero-order chi connectivity index (χ0) is 14.8. The number of pyridine rings is 1. The molecule has 0 aliphatic carbocycles. The molecule has 1 aromatic heterocycles. The summed E-state index contributed by atoms with van der Waals surface area (Å²) in [5, 5.41) is 0. The van der Waals surface area contributed by atoms with Crippen LogP contribution in [0.5, 0.6) is 0 Å². The monoisotopic (exact) mass is 287 g/mol. The highest BCUT2D eigenvalue weighted by Gasteiger charge is 2.27. The molecule has 2 aliphatic rings. The van der Waals surface area contributed by atoms with E-state index in [1.165, 1.54) is 19.3 Å². The Labute approximate surface area is 127 Å². The van der Waals surface area contributed by atoms with Gasteiger partial charge in [0.2, 0.25) is 0 Å². The molecule has 0 radical (unpaired) electrons. The maximum Gasteiger partial charge on any atom is 0.257 e. The van der Waals surface area contributed by atoms with Crippen LogP contribution in [-0.2, 0) is 0 Å². The van der Waals surface area contributed by atoms with E-state index < -0.39 is 0 Å². The minimum atomic E-state index is 0.179. The van der Waals surface area contributed by atoms with Crippen LogP contribution in [0.1, 0.15) is 53.7 Å². The minimum absolute atomic E-state index is 0.179. The van der Waals surface area contributed by atoms with Crippen molar-refractivity contribution in [2.75, 3.05) is 31.1 Å². The zero-order valence-electron chi connectivity index (χ0n) is 13.2. The van der Waals surface area contributed by atoms with Crippen molar-refractivity contribution >= 4 is 11.7 Å². The van der Waals surface area contributed by atoms with Gasteiger partial charge in [-0.1, -0.05) is 0 Å². The molecule has 3 rings (SSSR count). The van der Waals surface area contributed by atoms with Crippen molar-refractivity contribution in [3.63, 3.8) is 0 Å². The quantitative estimate of drug-likeness (QED) is 0.839. The average Bonchev–Trinajstić information content (AvgIpc) is 3.01. The molecule has 1 aromatic rings. The summed E-state index contributed by atoms with van der Waals surface area (Å²) in [7, 11) is 0. The second-order valence-electron chi connectivity index (χ2n) is 6.33. The molecule has 0 N–H and O–H groups in total. The Bertz CT molecular complexity index is 529. The normalized spacial score (nSPS) is 19.1. The Hall–Kier alpha value is -1.58. The van der Waals surface area contributed by atoms with Crippen LogP contribution < -0.4 is 4.90 Å². The van der Waals surface area contributed by atoms with Gasteiger partial charge in [-0.2, -0.15) is 0 Å². The molecule has 0 bridgehead atoms. The van der Waals surface area contributed by atoms with E-state index in [1.54, 1.807) is 0 Å². The molecule has 21 heavy (non-hydrogen) atoms. The molecule has 1 amide bonds. The fourth-order valence-corrected chi connectivity index (χ4v) is 3.49. The number of amides is 1. The topological polar surface area (TPSA) is 36.4 Å². The smallest absolute Gasteiger partial charge is 0.257 e. The number of aromatic nitrogens is 1. The van der Waals surface area contributed by atoms with Gasteiger partial charge in [0.15, 0.2) is 0 Å². The molecule has 2 saturated heterocycles. The average molecular weight is 287 g/mol. The number of carbonyl (C=O) groups excluding carboxylic acids is 1. The molecular formula is C17H25N3O. The van der Waals surface area contributed by atoms with E-state index in [9.17, 15) is 4.79 Å². The number of carbonyl (C=O) groups is 1. The Morgan fingerprint density at radius 1 is 1.00 bits per heavy atom. The fourth-order valence-electron chi connectivity index (χ4n) is 3.49. The number of hydrogen-bond donors (Lipinski definition) is 0. The fraction of sp³-hybridized carbons (Fsp3) is 0.647. The molecule has 114 valence electrons. The van der Waals surface area contributed by atoms with E-state index in [0.29, 0.717) is 0 Å². The summed E-state index contributed by atoms with van der Waals surface area (Å²) in [6.45, 7) is 7.90. The summed E-state index contributed by atoms with van der Waals surface area (Å²) in [4.78, 5) is 21.9. The second kappa shape index (κ2) is 6.04. The Balaban J connectivity index is 1.98. The molecule has 0 atom stereocenters. The molecule has 0 unspecified atom stereocenters. The first kappa shape index (κ1) is 14.4. The molecular weight excluding hydrogens is 262 g/mol. The zero-order valence-corrected chi connectivity index (χ0v) is 13.2. The molecule has 2 fully saturated rings. The van der Waals surface area contributed by atoms with Gasteiger partial charge in [-0.15, -0.1) is 0 Å². The van der Waals surface area contributed by atoms with E-state index in [1.807, 2.05) is 24.8 Å². The van der Waals surface area contributed by atoms with E-state index >= 15 is 0 Å². The molecule has 4 nitrogen and oxygen atoms in total. The number of rotatable bonds is 2. The number of nitrogens with zero attached hydrogens (tertiary/aromatic N) is 3. The van der Waals surface area contributed by atoms with Gasteiger partial charge in [-0.25, -0.2) is 4.98 Å². The highest BCUT2D eigenvalue weighted by molar-refractivity contribution is 6.00. The van der Waals surface area contributed by atoms with Crippen LogP contribution in [0, 0.1) is 13.8 Å². The van der Waals surface area contributed by atoms with Gasteiger partial charge in [0.05, 0.1) is 5.56 Å². The van der Waals surface area contributed by atoms with Crippen molar-refractivity contribution in [3.05, 3.63) is 22.9 Å². The van der Waals surface area contributed by atoms with Crippen molar-refractivity contribution in [1.29, 1.82) is 0 Å². The van der Waals surface area contributed by atoms with Crippen LogP contribution in [-0.4, -0.2) is 42.0 Å². The summed E-state index contributed by atoms with van der Waals surface area (Å²) in [6, 6.07) is 2.04. The summed E-state index contributed by atoms with van der Waals surface area (Å²) in [5.74, 6) is 1.10. The number of piperidine rings is 1. The summed E-state index contributed by atoms with van der Waals surface area (Å²) in [6.07, 6.45) is 5.95. The predicted octanol–water partition coefficient (Wildman–Crippen LogP) is 2.92. The second-order valence-corrected chi connectivity index (χ2v) is 6.33. The lowest BCUT2D eigenvalue weighted by atomic mass is 10.0. The van der Waals surface area contributed by atoms with Crippen molar-refractivity contribution in [3.8, 4) is 0 Å². The minimum Gasteiger partial charge on any atom is -0.356 e. The van der Waals surface area contributed by atoms with E-state index in [4.69, 9.17) is 4.98 Å².